The van der Waals surface area contributed by atoms with Gasteiger partial charge in [-0.3, -0.25) is 14.4 Å². The zero-order valence-electron chi connectivity index (χ0n) is 16.1. The average Bonchev–Trinajstić information content (AvgIpc) is 3.10. The molecule has 5 nitrogen and oxygen atoms in total. The van der Waals surface area contributed by atoms with E-state index in [1.165, 1.54) is 11.8 Å². The van der Waals surface area contributed by atoms with Gasteiger partial charge in [0.25, 0.3) is 10.0 Å². The number of amides is 1. The number of nitrogens with one attached hydrogen (secondary N) is 1. The summed E-state index contributed by atoms with van der Waals surface area (Å²) in [7, 11) is -3.71. The number of hydrogen-bond acceptors (Lipinski definition) is 4. The van der Waals surface area contributed by atoms with E-state index in [1.54, 1.807) is 47.4 Å². The molecular weight excluding hydrogens is 484 g/mol. The Morgan fingerprint density at radius 3 is 2.50 bits per heavy atom. The van der Waals surface area contributed by atoms with E-state index < -0.39 is 10.0 Å². The summed E-state index contributed by atoms with van der Waals surface area (Å²) < 4.78 is 28.9. The Hall–Kier alpha value is -2.29. The van der Waals surface area contributed by atoms with Crippen LogP contribution < -0.4 is 9.62 Å². The van der Waals surface area contributed by atoms with Crippen LogP contribution in [-0.4, -0.2) is 20.1 Å². The first-order chi connectivity index (χ1) is 14.3. The van der Waals surface area contributed by atoms with E-state index >= 15 is 0 Å². The minimum Gasteiger partial charge on any atom is -0.295 e. The lowest BCUT2D eigenvalue weighted by atomic mass is 10.1. The summed E-state index contributed by atoms with van der Waals surface area (Å²) >= 11 is 4.84. The van der Waals surface area contributed by atoms with E-state index in [0.717, 1.165) is 21.3 Å². The van der Waals surface area contributed by atoms with Gasteiger partial charge in [-0.2, -0.15) is 0 Å². The molecule has 1 fully saturated rings. The van der Waals surface area contributed by atoms with Crippen molar-refractivity contribution < 1.29 is 13.2 Å². The monoisotopic (exact) mass is 502 g/mol. The largest absolute Gasteiger partial charge is 0.295 e. The van der Waals surface area contributed by atoms with Crippen molar-refractivity contribution in [3.63, 3.8) is 0 Å². The van der Waals surface area contributed by atoms with Gasteiger partial charge in [0.2, 0.25) is 5.91 Å². The van der Waals surface area contributed by atoms with Gasteiger partial charge in [0.1, 0.15) is 5.37 Å². The number of anilines is 2. The zero-order chi connectivity index (χ0) is 21.3. The first-order valence-electron chi connectivity index (χ1n) is 9.22. The molecule has 0 radical (unpaired) electrons. The number of carbonyl (C=O) groups is 1. The van der Waals surface area contributed by atoms with Gasteiger partial charge in [-0.15, -0.1) is 11.8 Å². The number of sulfonamides is 1. The highest BCUT2D eigenvalue weighted by Gasteiger charge is 2.34. The average molecular weight is 503 g/mol. The predicted octanol–water partition coefficient (Wildman–Crippen LogP) is 5.34. The van der Waals surface area contributed by atoms with Crippen LogP contribution in [0.15, 0.2) is 82.2 Å². The third-order valence-corrected chi connectivity index (χ3v) is 7.83. The quantitative estimate of drug-likeness (QED) is 0.511. The molecule has 0 spiro atoms. The fourth-order valence-corrected chi connectivity index (χ4v) is 5.79. The molecule has 0 bridgehead atoms. The Balaban J connectivity index is 1.63. The molecule has 1 N–H and O–H groups in total. The first-order valence-corrected chi connectivity index (χ1v) is 12.5. The van der Waals surface area contributed by atoms with Gasteiger partial charge in [-0.1, -0.05) is 40.2 Å². The van der Waals surface area contributed by atoms with Gasteiger partial charge in [0.05, 0.1) is 10.6 Å². The number of carbonyl (C=O) groups excluding carboxylic acids is 1. The summed E-state index contributed by atoms with van der Waals surface area (Å²) in [5.74, 6) is 0.421. The molecule has 0 aromatic heterocycles. The Morgan fingerprint density at radius 2 is 1.77 bits per heavy atom. The topological polar surface area (TPSA) is 66.5 Å². The van der Waals surface area contributed by atoms with Crippen LogP contribution in [0.2, 0.25) is 0 Å². The van der Waals surface area contributed by atoms with Crippen molar-refractivity contribution in [3.8, 4) is 0 Å². The predicted molar refractivity (Wildman–Crippen MR) is 125 cm³/mol. The molecule has 0 aliphatic carbocycles. The number of thioether (sulfide) groups is 1. The summed E-state index contributed by atoms with van der Waals surface area (Å²) in [6, 6.07) is 21.5. The van der Waals surface area contributed by atoms with Crippen LogP contribution in [0, 0.1) is 6.92 Å². The third kappa shape index (κ3) is 4.40. The second-order valence-electron chi connectivity index (χ2n) is 6.95. The Labute approximate surface area is 188 Å². The van der Waals surface area contributed by atoms with Crippen molar-refractivity contribution in [2.45, 2.75) is 17.2 Å². The first kappa shape index (κ1) is 21.0. The van der Waals surface area contributed by atoms with Gasteiger partial charge in [-0.05, 0) is 66.6 Å². The molecule has 30 heavy (non-hydrogen) atoms. The molecule has 1 saturated heterocycles. The third-order valence-electron chi connectivity index (χ3n) is 4.70. The maximum Gasteiger partial charge on any atom is 0.261 e. The number of hydrogen-bond donors (Lipinski definition) is 1. The second-order valence-corrected chi connectivity index (χ2v) is 10.6. The number of benzene rings is 3. The SMILES string of the molecule is Cc1cccc(N2C(=O)CS[C@H]2c2cccc(NS(=O)(=O)c3ccc(Br)cc3)c2)c1. The number of nitrogens with zero attached hydrogens (tertiary/aromatic N) is 1. The molecule has 1 aliphatic rings. The smallest absolute Gasteiger partial charge is 0.261 e. The Kier molecular flexibility index (Phi) is 5.90. The molecular formula is C22H19BrN2O3S2. The molecule has 1 atom stereocenters. The molecule has 8 heteroatoms. The van der Waals surface area contributed by atoms with E-state index in [2.05, 4.69) is 20.7 Å². The lowest BCUT2D eigenvalue weighted by Gasteiger charge is -2.25. The molecule has 3 aromatic carbocycles. The fraction of sp³-hybridized carbons (Fsp3) is 0.136. The van der Waals surface area contributed by atoms with Crippen molar-refractivity contribution >= 4 is 55.0 Å². The zero-order valence-corrected chi connectivity index (χ0v) is 19.3. The second kappa shape index (κ2) is 8.45. The highest BCUT2D eigenvalue weighted by molar-refractivity contribution is 9.10. The van der Waals surface area contributed by atoms with Crippen molar-refractivity contribution in [2.24, 2.45) is 0 Å². The normalized spacial score (nSPS) is 16.7. The molecule has 4 rings (SSSR count). The molecule has 0 unspecified atom stereocenters. The highest BCUT2D eigenvalue weighted by atomic mass is 79.9. The summed E-state index contributed by atoms with van der Waals surface area (Å²) in [6.45, 7) is 1.99. The van der Waals surface area contributed by atoms with E-state index in [4.69, 9.17) is 0 Å². The molecule has 1 aliphatic heterocycles. The maximum absolute atomic E-state index is 12.7. The lowest BCUT2D eigenvalue weighted by molar-refractivity contribution is -0.115. The van der Waals surface area contributed by atoms with Crippen LogP contribution in [0.25, 0.3) is 0 Å². The number of halogens is 1. The van der Waals surface area contributed by atoms with Crippen LogP contribution in [0.5, 0.6) is 0 Å². The van der Waals surface area contributed by atoms with Crippen LogP contribution in [0.1, 0.15) is 16.5 Å². The summed E-state index contributed by atoms with van der Waals surface area (Å²) in [5.41, 5.74) is 3.24. The van der Waals surface area contributed by atoms with E-state index in [-0.39, 0.29) is 16.2 Å². The standard InChI is InChI=1S/C22H19BrN2O3S2/c1-15-4-2-7-19(12-15)25-21(26)14-29-22(25)16-5-3-6-18(13-16)24-30(27,28)20-10-8-17(23)9-11-20/h2-13,22,24H,14H2,1H3/t22-/m0/s1. The number of rotatable bonds is 5. The minimum atomic E-state index is -3.71. The molecule has 1 heterocycles. The highest BCUT2D eigenvalue weighted by Crippen LogP contribution is 2.42. The maximum atomic E-state index is 12.7. The lowest BCUT2D eigenvalue weighted by Crippen LogP contribution is -2.27. The van der Waals surface area contributed by atoms with Crippen LogP contribution >= 0.6 is 27.7 Å². The molecule has 3 aromatic rings. The van der Waals surface area contributed by atoms with Gasteiger partial charge in [0, 0.05) is 15.8 Å². The Morgan fingerprint density at radius 1 is 1.03 bits per heavy atom. The molecule has 1 amide bonds. The van der Waals surface area contributed by atoms with Crippen molar-refractivity contribution in [3.05, 3.63) is 88.4 Å². The van der Waals surface area contributed by atoms with Gasteiger partial charge in [-0.25, -0.2) is 8.42 Å². The fourth-order valence-electron chi connectivity index (χ4n) is 3.31. The molecule has 154 valence electrons. The van der Waals surface area contributed by atoms with Crippen molar-refractivity contribution in [1.82, 2.24) is 0 Å². The van der Waals surface area contributed by atoms with E-state index in [0.29, 0.717) is 11.4 Å². The number of aryl methyl sites for hydroxylation is 1. The van der Waals surface area contributed by atoms with E-state index in [9.17, 15) is 13.2 Å². The van der Waals surface area contributed by atoms with Crippen LogP contribution in [0.4, 0.5) is 11.4 Å². The van der Waals surface area contributed by atoms with Crippen molar-refractivity contribution in [2.75, 3.05) is 15.4 Å². The van der Waals surface area contributed by atoms with Crippen LogP contribution in [-0.2, 0) is 14.8 Å². The van der Waals surface area contributed by atoms with Gasteiger partial charge in [0.15, 0.2) is 0 Å². The Bertz CT molecular complexity index is 1200. The van der Waals surface area contributed by atoms with Gasteiger partial charge < -0.3 is 0 Å². The summed E-state index contributed by atoms with van der Waals surface area (Å²) in [6.07, 6.45) is 0. The summed E-state index contributed by atoms with van der Waals surface area (Å²) in [4.78, 5) is 14.5. The van der Waals surface area contributed by atoms with Crippen molar-refractivity contribution in [1.29, 1.82) is 0 Å². The molecule has 0 saturated carbocycles. The minimum absolute atomic E-state index is 0.0384. The van der Waals surface area contributed by atoms with E-state index in [1.807, 2.05) is 37.3 Å². The van der Waals surface area contributed by atoms with Crippen LogP contribution in [0.3, 0.4) is 0 Å². The summed E-state index contributed by atoms with van der Waals surface area (Å²) in [5, 5.41) is -0.212. The van der Waals surface area contributed by atoms with Gasteiger partial charge >= 0.3 is 0 Å².